The fourth-order valence-electron chi connectivity index (χ4n) is 2.97. The van der Waals surface area contributed by atoms with Gasteiger partial charge in [0.2, 0.25) is 0 Å². The van der Waals surface area contributed by atoms with Gasteiger partial charge >= 0.3 is 0 Å². The first-order chi connectivity index (χ1) is 11.7. The van der Waals surface area contributed by atoms with Gasteiger partial charge in [-0.3, -0.25) is 4.79 Å². The van der Waals surface area contributed by atoms with Crippen LogP contribution >= 0.6 is 15.9 Å². The number of para-hydroxylation sites is 1. The third kappa shape index (κ3) is 2.71. The molecule has 2 aromatic carbocycles. The quantitative estimate of drug-likeness (QED) is 0.706. The summed E-state index contributed by atoms with van der Waals surface area (Å²) in [5.41, 5.74) is 2.54. The molecule has 0 unspecified atom stereocenters. The molecular weight excluding hydrogens is 368 g/mol. The van der Waals surface area contributed by atoms with Crippen molar-refractivity contribution >= 4 is 27.5 Å². The number of carbonyl (C=O) groups is 1. The van der Waals surface area contributed by atoms with E-state index >= 15 is 0 Å². The lowest BCUT2D eigenvalue weighted by molar-refractivity contribution is 0.0651. The summed E-state index contributed by atoms with van der Waals surface area (Å²) in [7, 11) is 0. The molecule has 0 bridgehead atoms. The predicted octanol–water partition coefficient (Wildman–Crippen LogP) is 4.81. The zero-order valence-corrected chi connectivity index (χ0v) is 14.4. The second-order valence-corrected chi connectivity index (χ2v) is 6.58. The number of anilines is 1. The zero-order chi connectivity index (χ0) is 16.5. The van der Waals surface area contributed by atoms with Crippen LogP contribution in [-0.4, -0.2) is 10.8 Å². The summed E-state index contributed by atoms with van der Waals surface area (Å²) < 4.78 is 6.43. The van der Waals surface area contributed by atoms with Crippen molar-refractivity contribution in [2.24, 2.45) is 0 Å². The Kier molecular flexibility index (Phi) is 3.86. The standard InChI is InChI=1S/C19H15BrN2O2/c20-14-6-3-5-13(11-14)18-21-17-9-2-1-8-16(17)19(23)22(18)12-15-7-4-10-24-15/h1-11,18,21H,12H2/t18-/m0/s1. The van der Waals surface area contributed by atoms with E-state index in [0.717, 1.165) is 21.5 Å². The van der Waals surface area contributed by atoms with Crippen LogP contribution in [0.5, 0.6) is 0 Å². The normalized spacial score (nSPS) is 16.6. The molecule has 2 heterocycles. The number of benzene rings is 2. The van der Waals surface area contributed by atoms with E-state index in [1.54, 1.807) is 11.2 Å². The molecule has 0 spiro atoms. The lowest BCUT2D eigenvalue weighted by Gasteiger charge is -2.37. The molecule has 1 N–H and O–H groups in total. The Bertz CT molecular complexity index is 877. The van der Waals surface area contributed by atoms with Gasteiger partial charge in [-0.25, -0.2) is 0 Å². The molecule has 1 aliphatic rings. The van der Waals surface area contributed by atoms with Gasteiger partial charge in [0.1, 0.15) is 11.9 Å². The zero-order valence-electron chi connectivity index (χ0n) is 12.8. The van der Waals surface area contributed by atoms with Gasteiger partial charge in [-0.15, -0.1) is 0 Å². The fourth-order valence-corrected chi connectivity index (χ4v) is 3.38. The summed E-state index contributed by atoms with van der Waals surface area (Å²) in [5.74, 6) is 0.746. The van der Waals surface area contributed by atoms with Crippen molar-refractivity contribution in [3.05, 3.63) is 88.3 Å². The van der Waals surface area contributed by atoms with E-state index in [0.29, 0.717) is 12.1 Å². The largest absolute Gasteiger partial charge is 0.467 e. The number of furan rings is 1. The molecule has 3 aromatic rings. The minimum Gasteiger partial charge on any atom is -0.467 e. The molecule has 0 saturated carbocycles. The molecule has 1 amide bonds. The van der Waals surface area contributed by atoms with E-state index in [-0.39, 0.29) is 12.1 Å². The van der Waals surface area contributed by atoms with Crippen LogP contribution in [0, 0.1) is 0 Å². The van der Waals surface area contributed by atoms with Gasteiger partial charge in [0.05, 0.1) is 18.4 Å². The third-order valence-electron chi connectivity index (χ3n) is 4.09. The number of rotatable bonds is 3. The lowest BCUT2D eigenvalue weighted by atomic mass is 10.0. The molecule has 5 heteroatoms. The summed E-state index contributed by atoms with van der Waals surface area (Å²) in [6.45, 7) is 0.407. The summed E-state index contributed by atoms with van der Waals surface area (Å²) in [6.07, 6.45) is 1.37. The highest BCUT2D eigenvalue weighted by Gasteiger charge is 2.33. The Hall–Kier alpha value is -2.53. The SMILES string of the molecule is O=C1c2ccccc2N[C@H](c2cccc(Br)c2)N1Cc1ccco1. The Morgan fingerprint density at radius 1 is 1.08 bits per heavy atom. The molecule has 0 saturated heterocycles. The number of nitrogens with zero attached hydrogens (tertiary/aromatic N) is 1. The number of halogens is 1. The summed E-state index contributed by atoms with van der Waals surface area (Å²) in [4.78, 5) is 14.8. The van der Waals surface area contributed by atoms with Crippen LogP contribution in [0.4, 0.5) is 5.69 Å². The summed E-state index contributed by atoms with van der Waals surface area (Å²) >= 11 is 3.51. The third-order valence-corrected chi connectivity index (χ3v) is 4.59. The highest BCUT2D eigenvalue weighted by Crippen LogP contribution is 2.34. The first kappa shape index (κ1) is 15.0. The van der Waals surface area contributed by atoms with Crippen molar-refractivity contribution < 1.29 is 9.21 Å². The number of nitrogens with one attached hydrogen (secondary N) is 1. The molecule has 24 heavy (non-hydrogen) atoms. The van der Waals surface area contributed by atoms with E-state index in [1.807, 2.05) is 60.7 Å². The van der Waals surface area contributed by atoms with Crippen LogP contribution < -0.4 is 5.32 Å². The van der Waals surface area contributed by atoms with E-state index in [1.165, 1.54) is 0 Å². The molecule has 4 nitrogen and oxygen atoms in total. The van der Waals surface area contributed by atoms with Crippen molar-refractivity contribution in [1.29, 1.82) is 0 Å². The van der Waals surface area contributed by atoms with Gasteiger partial charge in [-0.1, -0.05) is 40.2 Å². The van der Waals surface area contributed by atoms with Crippen LogP contribution in [0.3, 0.4) is 0 Å². The highest BCUT2D eigenvalue weighted by atomic mass is 79.9. The maximum Gasteiger partial charge on any atom is 0.258 e. The minimum atomic E-state index is -0.255. The maximum absolute atomic E-state index is 13.0. The minimum absolute atomic E-state index is 0.00859. The van der Waals surface area contributed by atoms with Crippen LogP contribution in [0.25, 0.3) is 0 Å². The average Bonchev–Trinajstić information content (AvgIpc) is 3.10. The van der Waals surface area contributed by atoms with Crippen molar-refractivity contribution in [2.45, 2.75) is 12.7 Å². The summed E-state index contributed by atoms with van der Waals surface area (Å²) in [5, 5.41) is 3.48. The molecule has 0 fully saturated rings. The van der Waals surface area contributed by atoms with Crippen LogP contribution in [0.15, 0.2) is 75.8 Å². The smallest absolute Gasteiger partial charge is 0.258 e. The van der Waals surface area contributed by atoms with Crippen LogP contribution in [-0.2, 0) is 6.54 Å². The van der Waals surface area contributed by atoms with Gasteiger partial charge < -0.3 is 14.6 Å². The first-order valence-corrected chi connectivity index (χ1v) is 8.46. The Morgan fingerprint density at radius 3 is 2.75 bits per heavy atom. The number of hydrogen-bond acceptors (Lipinski definition) is 3. The van der Waals surface area contributed by atoms with Crippen LogP contribution in [0.1, 0.15) is 27.8 Å². The molecule has 1 aliphatic heterocycles. The number of amides is 1. The van der Waals surface area contributed by atoms with Crippen molar-refractivity contribution in [3.63, 3.8) is 0 Å². The van der Waals surface area contributed by atoms with E-state index in [9.17, 15) is 4.79 Å². The average molecular weight is 383 g/mol. The Balaban J connectivity index is 1.78. The number of fused-ring (bicyclic) bond motifs is 1. The van der Waals surface area contributed by atoms with Gasteiger partial charge in [0.15, 0.2) is 0 Å². The second kappa shape index (κ2) is 6.17. The van der Waals surface area contributed by atoms with Gasteiger partial charge in [-0.05, 0) is 42.0 Å². The van der Waals surface area contributed by atoms with E-state index in [2.05, 4.69) is 21.2 Å². The van der Waals surface area contributed by atoms with E-state index < -0.39 is 0 Å². The van der Waals surface area contributed by atoms with E-state index in [4.69, 9.17) is 4.42 Å². The molecule has 0 aliphatic carbocycles. The van der Waals surface area contributed by atoms with Crippen molar-refractivity contribution in [2.75, 3.05) is 5.32 Å². The van der Waals surface area contributed by atoms with Crippen molar-refractivity contribution in [3.8, 4) is 0 Å². The monoisotopic (exact) mass is 382 g/mol. The van der Waals surface area contributed by atoms with Gasteiger partial charge in [0.25, 0.3) is 5.91 Å². The fraction of sp³-hybridized carbons (Fsp3) is 0.105. The Morgan fingerprint density at radius 2 is 1.96 bits per heavy atom. The molecule has 1 atom stereocenters. The Labute approximate surface area is 148 Å². The van der Waals surface area contributed by atoms with Crippen LogP contribution in [0.2, 0.25) is 0 Å². The predicted molar refractivity (Wildman–Crippen MR) is 95.5 cm³/mol. The van der Waals surface area contributed by atoms with Gasteiger partial charge in [-0.2, -0.15) is 0 Å². The topological polar surface area (TPSA) is 45.5 Å². The molecule has 4 rings (SSSR count). The van der Waals surface area contributed by atoms with Crippen molar-refractivity contribution in [1.82, 2.24) is 4.90 Å². The molecule has 120 valence electrons. The summed E-state index contributed by atoms with van der Waals surface area (Å²) in [6, 6.07) is 19.3. The first-order valence-electron chi connectivity index (χ1n) is 7.67. The number of hydrogen-bond donors (Lipinski definition) is 1. The molecule has 1 aromatic heterocycles. The lowest BCUT2D eigenvalue weighted by Crippen LogP contribution is -2.42. The van der Waals surface area contributed by atoms with Gasteiger partial charge in [0, 0.05) is 10.2 Å². The highest BCUT2D eigenvalue weighted by molar-refractivity contribution is 9.10. The second-order valence-electron chi connectivity index (χ2n) is 5.66. The number of carbonyl (C=O) groups excluding carboxylic acids is 1. The maximum atomic E-state index is 13.0. The molecular formula is C19H15BrN2O2. The molecule has 0 radical (unpaired) electrons.